The minimum Gasteiger partial charge on any atom is -0.462 e. The average Bonchev–Trinajstić information content (AvgIpc) is 3.06. The van der Waals surface area contributed by atoms with Gasteiger partial charge in [-0.2, -0.15) is 0 Å². The molecular weight excluding hydrogens is 588 g/mol. The Hall–Kier alpha value is -2.44. The molecule has 0 aliphatic rings. The fraction of sp³-hybridized carbons (Fsp3) is 0.707. The largest absolute Gasteiger partial charge is 0.462 e. The van der Waals surface area contributed by atoms with Crippen molar-refractivity contribution in [2.75, 3.05) is 13.2 Å². The molecule has 47 heavy (non-hydrogen) atoms. The summed E-state index contributed by atoms with van der Waals surface area (Å²) >= 11 is 0. The monoisotopic (exact) mass is 659 g/mol. The number of aliphatic hydroxyl groups excluding tert-OH is 2. The van der Waals surface area contributed by atoms with Crippen LogP contribution >= 0.6 is 0 Å². The van der Waals surface area contributed by atoms with Crippen molar-refractivity contribution >= 4 is 11.9 Å². The van der Waals surface area contributed by atoms with Gasteiger partial charge in [0.2, 0.25) is 0 Å². The van der Waals surface area contributed by atoms with Gasteiger partial charge in [-0.1, -0.05) is 164 Å². The standard InChI is InChI=1S/C41H70O6/c1-3-5-7-9-11-13-15-17-18-20-22-24-26-28-30-34-41(45)47-39(36-42)37-46-40(44)35-31-33-38(43)32-29-27-25-23-21-19-16-14-12-10-8-6-4-2/h6,8,12,14,19,21,25,27,29,32,38-39,42-43H,3-5,7,9-11,13,15-18,20,22-24,26,28,30-31,33-37H2,1-2H3/b8-6-,14-12-,21-19-,27-25-,32-29+/t38?,39-/m0/s1. The third-order valence-corrected chi connectivity index (χ3v) is 7.93. The molecule has 0 bridgehead atoms. The van der Waals surface area contributed by atoms with Crippen molar-refractivity contribution in [3.63, 3.8) is 0 Å². The minimum atomic E-state index is -0.845. The summed E-state index contributed by atoms with van der Waals surface area (Å²) in [5, 5.41) is 19.6. The quantitative estimate of drug-likeness (QED) is 0.0315. The van der Waals surface area contributed by atoms with E-state index < -0.39 is 24.8 Å². The lowest BCUT2D eigenvalue weighted by Gasteiger charge is -2.16. The van der Waals surface area contributed by atoms with Crippen LogP contribution in [0.15, 0.2) is 60.8 Å². The van der Waals surface area contributed by atoms with Crippen LogP contribution in [0, 0.1) is 0 Å². The molecule has 270 valence electrons. The van der Waals surface area contributed by atoms with Gasteiger partial charge in [-0.05, 0) is 44.9 Å². The van der Waals surface area contributed by atoms with Crippen molar-refractivity contribution in [2.45, 2.75) is 174 Å². The van der Waals surface area contributed by atoms with Crippen LogP contribution in [0.5, 0.6) is 0 Å². The molecule has 0 fully saturated rings. The fourth-order valence-electron chi connectivity index (χ4n) is 5.05. The Kier molecular flexibility index (Phi) is 34.5. The molecule has 0 aromatic rings. The Balaban J connectivity index is 3.77. The van der Waals surface area contributed by atoms with E-state index in [2.05, 4.69) is 50.3 Å². The van der Waals surface area contributed by atoms with Gasteiger partial charge < -0.3 is 19.7 Å². The Labute approximate surface area is 288 Å². The van der Waals surface area contributed by atoms with Crippen LogP contribution in [0.2, 0.25) is 0 Å². The third-order valence-electron chi connectivity index (χ3n) is 7.93. The molecule has 0 aromatic heterocycles. The topological polar surface area (TPSA) is 93.1 Å². The zero-order valence-electron chi connectivity index (χ0n) is 30.1. The van der Waals surface area contributed by atoms with Gasteiger partial charge in [0.1, 0.15) is 6.61 Å². The van der Waals surface area contributed by atoms with Gasteiger partial charge in [-0.15, -0.1) is 0 Å². The summed E-state index contributed by atoms with van der Waals surface area (Å²) in [5.41, 5.74) is 0. The summed E-state index contributed by atoms with van der Waals surface area (Å²) < 4.78 is 10.5. The lowest BCUT2D eigenvalue weighted by molar-refractivity contribution is -0.161. The summed E-state index contributed by atoms with van der Waals surface area (Å²) in [7, 11) is 0. The maximum absolute atomic E-state index is 12.2. The van der Waals surface area contributed by atoms with Crippen LogP contribution in [-0.2, 0) is 19.1 Å². The molecule has 0 aromatic carbocycles. The van der Waals surface area contributed by atoms with E-state index in [1.54, 1.807) is 6.08 Å². The first-order valence-corrected chi connectivity index (χ1v) is 19.0. The number of ether oxygens (including phenoxy) is 2. The number of carbonyl (C=O) groups excluding carboxylic acids is 2. The van der Waals surface area contributed by atoms with Gasteiger partial charge in [0.15, 0.2) is 6.10 Å². The van der Waals surface area contributed by atoms with Crippen molar-refractivity contribution in [3.8, 4) is 0 Å². The SMILES string of the molecule is CC/C=C\C/C=C\C/C=C\C/C=C\C=C\C(O)CCCC(=O)OC[C@H](CO)OC(=O)CCCCCCCCCCCCCCCCC. The average molecular weight is 659 g/mol. The van der Waals surface area contributed by atoms with E-state index in [-0.39, 0.29) is 19.0 Å². The van der Waals surface area contributed by atoms with Crippen LogP contribution in [0.3, 0.4) is 0 Å². The van der Waals surface area contributed by atoms with Gasteiger partial charge in [-0.25, -0.2) is 0 Å². The first-order valence-electron chi connectivity index (χ1n) is 19.0. The Morgan fingerprint density at radius 1 is 0.596 bits per heavy atom. The van der Waals surface area contributed by atoms with E-state index in [4.69, 9.17) is 9.47 Å². The molecule has 0 aliphatic carbocycles. The number of rotatable bonds is 33. The molecule has 0 spiro atoms. The molecule has 1 unspecified atom stereocenters. The Morgan fingerprint density at radius 3 is 1.62 bits per heavy atom. The fourth-order valence-corrected chi connectivity index (χ4v) is 5.05. The maximum atomic E-state index is 12.2. The molecule has 6 nitrogen and oxygen atoms in total. The Bertz CT molecular complexity index is 856. The highest BCUT2D eigenvalue weighted by molar-refractivity contribution is 5.70. The summed E-state index contributed by atoms with van der Waals surface area (Å²) in [6, 6.07) is 0. The second kappa shape index (κ2) is 36.4. The van der Waals surface area contributed by atoms with Gasteiger partial charge in [0.05, 0.1) is 12.7 Å². The molecule has 0 saturated heterocycles. The van der Waals surface area contributed by atoms with E-state index in [9.17, 15) is 19.8 Å². The van der Waals surface area contributed by atoms with Crippen LogP contribution < -0.4 is 0 Å². The van der Waals surface area contributed by atoms with Crippen LogP contribution in [0.1, 0.15) is 162 Å². The summed E-state index contributed by atoms with van der Waals surface area (Å²) in [6.07, 6.45) is 43.1. The van der Waals surface area contributed by atoms with Gasteiger partial charge in [0.25, 0.3) is 0 Å². The zero-order valence-corrected chi connectivity index (χ0v) is 30.1. The predicted molar refractivity (Wildman–Crippen MR) is 197 cm³/mol. The van der Waals surface area contributed by atoms with E-state index in [1.165, 1.54) is 77.0 Å². The summed E-state index contributed by atoms with van der Waals surface area (Å²) in [5.74, 6) is -0.796. The second-order valence-electron chi connectivity index (χ2n) is 12.5. The number of carbonyl (C=O) groups is 2. The first kappa shape index (κ1) is 44.6. The smallest absolute Gasteiger partial charge is 0.306 e. The lowest BCUT2D eigenvalue weighted by Crippen LogP contribution is -2.28. The van der Waals surface area contributed by atoms with E-state index in [0.29, 0.717) is 19.3 Å². The van der Waals surface area contributed by atoms with Crippen molar-refractivity contribution in [1.82, 2.24) is 0 Å². The predicted octanol–water partition coefficient (Wildman–Crippen LogP) is 10.6. The number of esters is 2. The van der Waals surface area contributed by atoms with Crippen molar-refractivity contribution < 1.29 is 29.3 Å². The minimum absolute atomic E-state index is 0.153. The highest BCUT2D eigenvalue weighted by atomic mass is 16.6. The van der Waals surface area contributed by atoms with Gasteiger partial charge >= 0.3 is 11.9 Å². The Morgan fingerprint density at radius 2 is 1.09 bits per heavy atom. The number of aliphatic hydroxyl groups is 2. The van der Waals surface area contributed by atoms with Crippen LogP contribution in [-0.4, -0.2) is 47.6 Å². The first-order chi connectivity index (χ1) is 23.0. The molecule has 2 atom stereocenters. The number of unbranched alkanes of at least 4 members (excludes halogenated alkanes) is 14. The molecule has 0 saturated carbocycles. The van der Waals surface area contributed by atoms with Crippen LogP contribution in [0.4, 0.5) is 0 Å². The van der Waals surface area contributed by atoms with E-state index in [1.807, 2.05) is 18.2 Å². The molecule has 0 aliphatic heterocycles. The molecule has 0 amide bonds. The van der Waals surface area contributed by atoms with Crippen molar-refractivity contribution in [1.29, 1.82) is 0 Å². The van der Waals surface area contributed by atoms with E-state index in [0.717, 1.165) is 44.9 Å². The van der Waals surface area contributed by atoms with Gasteiger partial charge in [0, 0.05) is 12.8 Å². The zero-order chi connectivity index (χ0) is 34.5. The molecule has 0 rings (SSSR count). The summed E-state index contributed by atoms with van der Waals surface area (Å²) in [4.78, 5) is 24.2. The maximum Gasteiger partial charge on any atom is 0.306 e. The summed E-state index contributed by atoms with van der Waals surface area (Å²) in [6.45, 7) is 3.84. The highest BCUT2D eigenvalue weighted by Crippen LogP contribution is 2.14. The second-order valence-corrected chi connectivity index (χ2v) is 12.5. The molecule has 6 heteroatoms. The van der Waals surface area contributed by atoms with Crippen molar-refractivity contribution in [3.05, 3.63) is 60.8 Å². The van der Waals surface area contributed by atoms with Gasteiger partial charge in [-0.3, -0.25) is 9.59 Å². The number of hydrogen-bond acceptors (Lipinski definition) is 6. The normalized spacial score (nSPS) is 13.5. The lowest BCUT2D eigenvalue weighted by atomic mass is 10.0. The molecule has 0 heterocycles. The third kappa shape index (κ3) is 34.7. The number of hydrogen-bond donors (Lipinski definition) is 2. The molecular formula is C41H70O6. The van der Waals surface area contributed by atoms with E-state index >= 15 is 0 Å². The van der Waals surface area contributed by atoms with Crippen LogP contribution in [0.25, 0.3) is 0 Å². The highest BCUT2D eigenvalue weighted by Gasteiger charge is 2.16. The van der Waals surface area contributed by atoms with Crippen molar-refractivity contribution in [2.24, 2.45) is 0 Å². The molecule has 0 radical (unpaired) electrons. The molecule has 2 N–H and O–H groups in total. The number of allylic oxidation sites excluding steroid dienone is 9.